The number of amides is 2. The van der Waals surface area contributed by atoms with Crippen molar-refractivity contribution < 1.29 is 27.4 Å². The molecule has 0 bridgehead atoms. The molecule has 0 aromatic heterocycles. The van der Waals surface area contributed by atoms with E-state index in [9.17, 15) is 18.0 Å². The number of benzene rings is 2. The van der Waals surface area contributed by atoms with Gasteiger partial charge in [-0.05, 0) is 69.1 Å². The number of nitrogens with zero attached hydrogens (tertiary/aromatic N) is 1. The third kappa shape index (κ3) is 4.21. The fourth-order valence-corrected chi connectivity index (χ4v) is 5.36. The summed E-state index contributed by atoms with van der Waals surface area (Å²) in [6, 6.07) is 7.22. The van der Waals surface area contributed by atoms with Crippen LogP contribution in [0.5, 0.6) is 11.5 Å². The largest absolute Gasteiger partial charge is 0.493 e. The van der Waals surface area contributed by atoms with E-state index < -0.39 is 29.2 Å². The maximum absolute atomic E-state index is 13.9. The summed E-state index contributed by atoms with van der Waals surface area (Å²) in [5.74, 6) is -2.97. The molecule has 2 aliphatic rings. The summed E-state index contributed by atoms with van der Waals surface area (Å²) in [6.07, 6.45) is 3.27. The third-order valence-corrected chi connectivity index (χ3v) is 7.10. The minimum Gasteiger partial charge on any atom is -0.493 e. The summed E-state index contributed by atoms with van der Waals surface area (Å²) < 4.78 is 51.4. The summed E-state index contributed by atoms with van der Waals surface area (Å²) in [5, 5.41) is 5.16. The highest BCUT2D eigenvalue weighted by molar-refractivity contribution is 5.89. The minimum absolute atomic E-state index is 0.0743. The smallest absolute Gasteiger partial charge is 0.319 e. The van der Waals surface area contributed by atoms with Crippen LogP contribution in [0.2, 0.25) is 0 Å². The highest BCUT2D eigenvalue weighted by atomic mass is 19.2. The number of urea groups is 1. The van der Waals surface area contributed by atoms with Gasteiger partial charge in [-0.25, -0.2) is 18.0 Å². The number of carbonyl (C=O) groups is 1. The number of ether oxygens (including phenoxy) is 2. The maximum Gasteiger partial charge on any atom is 0.319 e. The van der Waals surface area contributed by atoms with Gasteiger partial charge in [0.25, 0.3) is 0 Å². The van der Waals surface area contributed by atoms with Crippen molar-refractivity contribution in [1.29, 1.82) is 0 Å². The summed E-state index contributed by atoms with van der Waals surface area (Å²) in [6.45, 7) is 0.929. The van der Waals surface area contributed by atoms with Crippen molar-refractivity contribution in [2.24, 2.45) is 0 Å². The zero-order valence-electron chi connectivity index (χ0n) is 18.9. The number of rotatable bonds is 5. The molecule has 3 atom stereocenters. The normalized spacial score (nSPS) is 24.8. The first kappa shape index (κ1) is 23.2. The Bertz CT molecular complexity index is 1050. The predicted molar refractivity (Wildman–Crippen MR) is 118 cm³/mol. The maximum atomic E-state index is 13.9. The average molecular weight is 464 g/mol. The van der Waals surface area contributed by atoms with Crippen LogP contribution in [0, 0.1) is 17.5 Å². The fraction of sp³-hybridized carbons (Fsp3) is 0.458. The van der Waals surface area contributed by atoms with E-state index in [1.807, 2.05) is 12.1 Å². The van der Waals surface area contributed by atoms with Crippen LogP contribution in [0.15, 0.2) is 30.3 Å². The van der Waals surface area contributed by atoms with Gasteiger partial charge in [-0.3, -0.25) is 0 Å². The van der Waals surface area contributed by atoms with E-state index >= 15 is 0 Å². The molecule has 1 saturated heterocycles. The Balaban J connectivity index is 1.48. The van der Waals surface area contributed by atoms with Gasteiger partial charge in [-0.15, -0.1) is 0 Å². The Morgan fingerprint density at radius 2 is 1.82 bits per heavy atom. The minimum atomic E-state index is -1.61. The van der Waals surface area contributed by atoms with Crippen molar-refractivity contribution in [1.82, 2.24) is 10.2 Å². The molecular weight excluding hydrogens is 435 g/mol. The number of fused-ring (bicyclic) bond motifs is 1. The van der Waals surface area contributed by atoms with Gasteiger partial charge >= 0.3 is 6.03 Å². The van der Waals surface area contributed by atoms with Gasteiger partial charge in [-0.1, -0.05) is 6.07 Å². The van der Waals surface area contributed by atoms with Crippen molar-refractivity contribution in [2.75, 3.05) is 33.1 Å². The van der Waals surface area contributed by atoms with Gasteiger partial charge in [0.15, 0.2) is 29.0 Å². The van der Waals surface area contributed by atoms with Crippen LogP contribution < -0.4 is 20.1 Å². The monoisotopic (exact) mass is 463 g/mol. The zero-order chi connectivity index (χ0) is 23.8. The van der Waals surface area contributed by atoms with Crippen molar-refractivity contribution in [3.63, 3.8) is 0 Å². The van der Waals surface area contributed by atoms with Gasteiger partial charge in [0, 0.05) is 17.5 Å². The van der Waals surface area contributed by atoms with Crippen LogP contribution in [0.1, 0.15) is 31.2 Å². The second kappa shape index (κ2) is 9.13. The molecule has 1 saturated carbocycles. The summed E-state index contributed by atoms with van der Waals surface area (Å²) >= 11 is 0. The number of nitrogens with one attached hydrogen (secondary N) is 2. The molecule has 9 heteroatoms. The van der Waals surface area contributed by atoms with Crippen LogP contribution in [0.3, 0.4) is 0 Å². The highest BCUT2D eigenvalue weighted by Gasteiger charge is 2.50. The second-order valence-corrected chi connectivity index (χ2v) is 8.76. The van der Waals surface area contributed by atoms with E-state index in [2.05, 4.69) is 28.6 Å². The molecule has 3 unspecified atom stereocenters. The van der Waals surface area contributed by atoms with Gasteiger partial charge in [-0.2, -0.15) is 0 Å². The second-order valence-electron chi connectivity index (χ2n) is 8.76. The molecule has 33 heavy (non-hydrogen) atoms. The lowest BCUT2D eigenvalue weighted by Crippen LogP contribution is -2.52. The van der Waals surface area contributed by atoms with E-state index in [1.54, 1.807) is 14.2 Å². The molecular formula is C24H28F3N3O3. The predicted octanol–water partition coefficient (Wildman–Crippen LogP) is 4.44. The van der Waals surface area contributed by atoms with Crippen LogP contribution in [0.25, 0.3) is 0 Å². The number of likely N-dealkylation sites (tertiary alicyclic amines) is 1. The topological polar surface area (TPSA) is 62.8 Å². The third-order valence-electron chi connectivity index (χ3n) is 7.10. The Morgan fingerprint density at radius 3 is 2.55 bits per heavy atom. The molecule has 2 amide bonds. The molecule has 0 spiro atoms. The van der Waals surface area contributed by atoms with E-state index in [-0.39, 0.29) is 17.5 Å². The molecule has 178 valence electrons. The first-order valence-electron chi connectivity index (χ1n) is 10.9. The van der Waals surface area contributed by atoms with E-state index in [0.29, 0.717) is 17.9 Å². The number of carbonyl (C=O) groups excluding carboxylic acids is 1. The zero-order valence-corrected chi connectivity index (χ0v) is 18.9. The van der Waals surface area contributed by atoms with Crippen molar-refractivity contribution in [3.8, 4) is 11.5 Å². The molecule has 1 heterocycles. The molecule has 4 rings (SSSR count). The lowest BCUT2D eigenvalue weighted by Gasteiger charge is -2.45. The van der Waals surface area contributed by atoms with Crippen LogP contribution >= 0.6 is 0 Å². The first-order chi connectivity index (χ1) is 15.8. The summed E-state index contributed by atoms with van der Waals surface area (Å²) in [5.41, 5.74) is 0.705. The molecule has 1 aliphatic carbocycles. The number of likely N-dealkylation sites (N-methyl/N-ethyl adjacent to an activating group) is 1. The molecule has 2 aromatic carbocycles. The number of hydrogen-bond donors (Lipinski definition) is 2. The average Bonchev–Trinajstić information content (AvgIpc) is 3.16. The molecule has 6 nitrogen and oxygen atoms in total. The van der Waals surface area contributed by atoms with Crippen LogP contribution in [-0.4, -0.2) is 50.8 Å². The standard InChI is InChI=1S/C24H28F3N3O3/c1-30-11-10-24(14-4-7-18(32-2)19(12-14)33-3)9-8-15(13-20(24)30)28-23(31)29-17-6-5-16(25)21(26)22(17)27/h4-7,12,15,20H,8-11,13H2,1-3H3,(H2,28,29,31). The summed E-state index contributed by atoms with van der Waals surface area (Å²) in [4.78, 5) is 14.8. The lowest BCUT2D eigenvalue weighted by molar-refractivity contribution is 0.156. The Hall–Kier alpha value is -2.94. The van der Waals surface area contributed by atoms with Crippen molar-refractivity contribution >= 4 is 11.7 Å². The van der Waals surface area contributed by atoms with Gasteiger partial charge < -0.3 is 25.0 Å². The molecule has 0 radical (unpaired) electrons. The Morgan fingerprint density at radius 1 is 1.06 bits per heavy atom. The molecule has 1 aliphatic heterocycles. The quantitative estimate of drug-likeness (QED) is 0.644. The SMILES string of the molecule is COc1ccc(C23CCC(NC(=O)Nc4ccc(F)c(F)c4F)CC2N(C)CC3)cc1OC. The van der Waals surface area contributed by atoms with E-state index in [1.165, 1.54) is 5.56 Å². The van der Waals surface area contributed by atoms with Gasteiger partial charge in [0.1, 0.15) is 0 Å². The van der Waals surface area contributed by atoms with Crippen LogP contribution in [-0.2, 0) is 5.41 Å². The number of hydrogen-bond acceptors (Lipinski definition) is 4. The Kier molecular flexibility index (Phi) is 6.43. The van der Waals surface area contributed by atoms with Crippen LogP contribution in [0.4, 0.5) is 23.7 Å². The first-order valence-corrected chi connectivity index (χ1v) is 10.9. The van der Waals surface area contributed by atoms with E-state index in [4.69, 9.17) is 9.47 Å². The number of halogens is 3. The lowest BCUT2D eigenvalue weighted by atomic mass is 9.65. The van der Waals surface area contributed by atoms with Crippen molar-refractivity contribution in [3.05, 3.63) is 53.3 Å². The van der Waals surface area contributed by atoms with Crippen molar-refractivity contribution in [2.45, 2.75) is 43.2 Å². The van der Waals surface area contributed by atoms with Gasteiger partial charge in [0.2, 0.25) is 0 Å². The van der Waals surface area contributed by atoms with Gasteiger partial charge in [0.05, 0.1) is 19.9 Å². The van der Waals surface area contributed by atoms with E-state index in [0.717, 1.165) is 37.9 Å². The summed E-state index contributed by atoms with van der Waals surface area (Å²) in [7, 11) is 5.30. The fourth-order valence-electron chi connectivity index (χ4n) is 5.36. The molecule has 2 aromatic rings. The Labute approximate surface area is 191 Å². The number of anilines is 1. The number of methoxy groups -OCH3 is 2. The molecule has 2 N–H and O–H groups in total. The highest BCUT2D eigenvalue weighted by Crippen LogP contribution is 2.49. The molecule has 2 fully saturated rings.